The average Bonchev–Trinajstić information content (AvgIpc) is 3.06. The number of nitrogens with one attached hydrogen (secondary N) is 1. The number of aryl methyl sites for hydroxylation is 1. The molecule has 3 heterocycles. The number of carbonyl (C=O) groups excluding carboxylic acids is 2. The lowest BCUT2D eigenvalue weighted by Gasteiger charge is -2.36. The van der Waals surface area contributed by atoms with Crippen LogP contribution in [-0.4, -0.2) is 48.0 Å². The van der Waals surface area contributed by atoms with E-state index in [1.807, 2.05) is 36.7 Å². The van der Waals surface area contributed by atoms with E-state index in [0.29, 0.717) is 31.7 Å². The number of fused-ring (bicyclic) bond motifs is 1. The van der Waals surface area contributed by atoms with E-state index in [1.54, 1.807) is 12.1 Å². The van der Waals surface area contributed by atoms with Gasteiger partial charge in [0.25, 0.3) is 5.91 Å². The van der Waals surface area contributed by atoms with Crippen molar-refractivity contribution in [2.45, 2.75) is 46.1 Å². The van der Waals surface area contributed by atoms with Crippen molar-refractivity contribution in [1.82, 2.24) is 15.1 Å². The number of hydrogen-bond donors (Lipinski definition) is 1. The molecule has 0 saturated carbocycles. The summed E-state index contributed by atoms with van der Waals surface area (Å²) in [4.78, 5) is 25.2. The quantitative estimate of drug-likeness (QED) is 0.720. The van der Waals surface area contributed by atoms with Crippen molar-refractivity contribution in [2.75, 3.05) is 26.4 Å². The fourth-order valence-corrected chi connectivity index (χ4v) is 4.55. The lowest BCUT2D eigenvalue weighted by Crippen LogP contribution is -2.41. The van der Waals surface area contributed by atoms with Gasteiger partial charge >= 0.3 is 5.97 Å². The second-order valence-electron chi connectivity index (χ2n) is 8.85. The predicted octanol–water partition coefficient (Wildman–Crippen LogP) is 3.02. The Labute approximate surface area is 183 Å². The minimum absolute atomic E-state index is 0.0188. The highest BCUT2D eigenvalue weighted by Crippen LogP contribution is 2.37. The zero-order valence-corrected chi connectivity index (χ0v) is 18.4. The molecule has 1 saturated heterocycles. The third-order valence-corrected chi connectivity index (χ3v) is 6.41. The zero-order chi connectivity index (χ0) is 21.8. The van der Waals surface area contributed by atoms with Crippen LogP contribution in [0.1, 0.15) is 58.8 Å². The van der Waals surface area contributed by atoms with Gasteiger partial charge in [-0.3, -0.25) is 9.48 Å². The highest BCUT2D eigenvalue weighted by atomic mass is 16.5. The first kappa shape index (κ1) is 21.6. The van der Waals surface area contributed by atoms with Gasteiger partial charge in [-0.1, -0.05) is 32.0 Å². The molecule has 1 spiro atoms. The standard InChI is InChI=1S/C24H31N3O4/c1-3-19-21-20(13-24(16-25-22(21)28)9-11-30-12-10-24)27(26-19)14-17(2)15-31-23(29)18-7-5-4-6-8-18/h4-8,17H,3,9-16H2,1-2H3,(H,25,28)/t17-/m0/s1. The summed E-state index contributed by atoms with van der Waals surface area (Å²) in [6.45, 7) is 7.10. The van der Waals surface area contributed by atoms with Crippen LogP contribution >= 0.6 is 0 Å². The lowest BCUT2D eigenvalue weighted by atomic mass is 9.76. The molecule has 7 nitrogen and oxygen atoms in total. The van der Waals surface area contributed by atoms with Gasteiger partial charge in [-0.25, -0.2) is 4.79 Å². The van der Waals surface area contributed by atoms with Crippen LogP contribution in [0, 0.1) is 11.3 Å². The molecule has 1 aromatic carbocycles. The molecule has 2 aliphatic heterocycles. The summed E-state index contributed by atoms with van der Waals surface area (Å²) in [5.41, 5.74) is 3.15. The van der Waals surface area contributed by atoms with Crippen molar-refractivity contribution in [1.29, 1.82) is 0 Å². The van der Waals surface area contributed by atoms with E-state index in [2.05, 4.69) is 5.32 Å². The van der Waals surface area contributed by atoms with Crippen LogP contribution < -0.4 is 5.32 Å². The van der Waals surface area contributed by atoms with Gasteiger partial charge in [-0.15, -0.1) is 0 Å². The Kier molecular flexibility index (Phi) is 6.41. The number of rotatable bonds is 6. The second kappa shape index (κ2) is 9.22. The molecule has 31 heavy (non-hydrogen) atoms. The predicted molar refractivity (Wildman–Crippen MR) is 116 cm³/mol. The van der Waals surface area contributed by atoms with Gasteiger partial charge in [0.05, 0.1) is 29.1 Å². The number of amides is 1. The molecular formula is C24H31N3O4. The summed E-state index contributed by atoms with van der Waals surface area (Å²) in [6.07, 6.45) is 3.39. The minimum atomic E-state index is -0.318. The van der Waals surface area contributed by atoms with Gasteiger partial charge in [0.15, 0.2) is 0 Å². The first-order valence-electron chi connectivity index (χ1n) is 11.2. The Morgan fingerprint density at radius 2 is 2.03 bits per heavy atom. The van der Waals surface area contributed by atoms with Crippen molar-refractivity contribution in [2.24, 2.45) is 11.3 Å². The van der Waals surface area contributed by atoms with Crippen molar-refractivity contribution in [3.8, 4) is 0 Å². The third kappa shape index (κ3) is 4.66. The molecule has 7 heteroatoms. The Bertz CT molecular complexity index is 932. The summed E-state index contributed by atoms with van der Waals surface area (Å²) in [6, 6.07) is 9.01. The van der Waals surface area contributed by atoms with Crippen molar-refractivity contribution < 1.29 is 19.1 Å². The van der Waals surface area contributed by atoms with E-state index < -0.39 is 0 Å². The molecule has 0 radical (unpaired) electrons. The van der Waals surface area contributed by atoms with E-state index in [4.69, 9.17) is 14.6 Å². The molecule has 2 aromatic rings. The number of nitrogens with zero attached hydrogens (tertiary/aromatic N) is 2. The molecule has 0 aliphatic carbocycles. The second-order valence-corrected chi connectivity index (χ2v) is 8.85. The number of carbonyl (C=O) groups is 2. The van der Waals surface area contributed by atoms with Crippen LogP contribution in [-0.2, 0) is 28.9 Å². The topological polar surface area (TPSA) is 82.5 Å². The monoisotopic (exact) mass is 425 g/mol. The average molecular weight is 426 g/mol. The fraction of sp³-hybridized carbons (Fsp3) is 0.542. The van der Waals surface area contributed by atoms with Crippen LogP contribution in [0.2, 0.25) is 0 Å². The van der Waals surface area contributed by atoms with E-state index >= 15 is 0 Å². The number of esters is 1. The fourth-order valence-electron chi connectivity index (χ4n) is 4.55. The Balaban J connectivity index is 1.51. The number of hydrogen-bond acceptors (Lipinski definition) is 5. The molecule has 1 amide bonds. The molecule has 0 bridgehead atoms. The van der Waals surface area contributed by atoms with E-state index in [1.165, 1.54) is 0 Å². The molecular weight excluding hydrogens is 394 g/mol. The first-order chi connectivity index (χ1) is 15.0. The van der Waals surface area contributed by atoms with Crippen LogP contribution in [0.15, 0.2) is 30.3 Å². The van der Waals surface area contributed by atoms with E-state index in [9.17, 15) is 9.59 Å². The van der Waals surface area contributed by atoms with Gasteiger partial charge in [0, 0.05) is 32.2 Å². The summed E-state index contributed by atoms with van der Waals surface area (Å²) in [5, 5.41) is 7.93. The number of ether oxygens (including phenoxy) is 2. The largest absolute Gasteiger partial charge is 0.462 e. The van der Waals surface area contributed by atoms with Crippen LogP contribution in [0.3, 0.4) is 0 Å². The zero-order valence-electron chi connectivity index (χ0n) is 18.4. The van der Waals surface area contributed by atoms with E-state index in [-0.39, 0.29) is 23.2 Å². The molecule has 1 N–H and O–H groups in total. The normalized spacial score (nSPS) is 18.7. The summed E-state index contributed by atoms with van der Waals surface area (Å²) < 4.78 is 13.1. The number of aromatic nitrogens is 2. The van der Waals surface area contributed by atoms with Crippen molar-refractivity contribution >= 4 is 11.9 Å². The molecule has 1 fully saturated rings. The van der Waals surface area contributed by atoms with Gasteiger partial charge in [-0.2, -0.15) is 5.10 Å². The Morgan fingerprint density at radius 3 is 2.74 bits per heavy atom. The maximum absolute atomic E-state index is 12.9. The SMILES string of the molecule is CCc1nn(C[C@H](C)COC(=O)c2ccccc2)c2c1C(=O)NCC1(CCOCC1)C2. The molecule has 1 atom stereocenters. The highest BCUT2D eigenvalue weighted by molar-refractivity contribution is 5.97. The molecule has 2 aliphatic rings. The summed E-state index contributed by atoms with van der Waals surface area (Å²) >= 11 is 0. The van der Waals surface area contributed by atoms with Crippen molar-refractivity contribution in [3.63, 3.8) is 0 Å². The molecule has 166 valence electrons. The van der Waals surface area contributed by atoms with Gasteiger partial charge in [0.1, 0.15) is 0 Å². The van der Waals surface area contributed by atoms with Crippen LogP contribution in [0.25, 0.3) is 0 Å². The molecule has 1 aromatic heterocycles. The Morgan fingerprint density at radius 1 is 1.29 bits per heavy atom. The molecule has 0 unspecified atom stereocenters. The first-order valence-corrected chi connectivity index (χ1v) is 11.2. The number of benzene rings is 1. The molecule has 4 rings (SSSR count). The Hall–Kier alpha value is -2.67. The van der Waals surface area contributed by atoms with Gasteiger partial charge < -0.3 is 14.8 Å². The third-order valence-electron chi connectivity index (χ3n) is 6.41. The van der Waals surface area contributed by atoms with E-state index in [0.717, 1.165) is 49.4 Å². The lowest BCUT2D eigenvalue weighted by molar-refractivity contribution is 0.0151. The highest BCUT2D eigenvalue weighted by Gasteiger charge is 2.39. The van der Waals surface area contributed by atoms with Gasteiger partial charge in [-0.05, 0) is 43.2 Å². The van der Waals surface area contributed by atoms with Gasteiger partial charge in [0.2, 0.25) is 0 Å². The van der Waals surface area contributed by atoms with Crippen molar-refractivity contribution in [3.05, 3.63) is 52.8 Å². The maximum Gasteiger partial charge on any atom is 0.338 e. The minimum Gasteiger partial charge on any atom is -0.462 e. The summed E-state index contributed by atoms with van der Waals surface area (Å²) in [5.74, 6) is -0.274. The maximum atomic E-state index is 12.9. The summed E-state index contributed by atoms with van der Waals surface area (Å²) in [7, 11) is 0. The smallest absolute Gasteiger partial charge is 0.338 e. The van der Waals surface area contributed by atoms with Crippen LogP contribution in [0.5, 0.6) is 0 Å². The van der Waals surface area contributed by atoms with Crippen LogP contribution in [0.4, 0.5) is 0 Å².